The molecule has 0 amide bonds. The number of hydrogen-bond acceptors (Lipinski definition) is 4. The summed E-state index contributed by atoms with van der Waals surface area (Å²) >= 11 is 0. The van der Waals surface area contributed by atoms with Gasteiger partial charge in [-0.25, -0.2) is 0 Å². The number of hydrogen-bond donors (Lipinski definition) is 1. The van der Waals surface area contributed by atoms with Crippen molar-refractivity contribution in [2.45, 2.75) is 38.7 Å². The average Bonchev–Trinajstić information content (AvgIpc) is 2.28. The van der Waals surface area contributed by atoms with Gasteiger partial charge >= 0.3 is 5.97 Å². The van der Waals surface area contributed by atoms with Crippen LogP contribution >= 0.6 is 0 Å². The Morgan fingerprint density at radius 1 is 1.47 bits per heavy atom. The fourth-order valence-corrected chi connectivity index (χ4v) is 1.87. The maximum atomic E-state index is 11.3. The normalized spacial score (nSPS) is 28.5. The van der Waals surface area contributed by atoms with Crippen LogP contribution in [0, 0.1) is 0 Å². The number of nitrogens with zero attached hydrogens (tertiary/aromatic N) is 1. The lowest BCUT2D eigenvalue weighted by molar-refractivity contribution is -0.144. The second-order valence-corrected chi connectivity index (χ2v) is 4.43. The standard InChI is InChI=1S/C11H21NO3/c1-3-15-10(13)9-12-7-4-5-11(2,14)6-8-12/h14H,3-9H2,1-2H3. The lowest BCUT2D eigenvalue weighted by Crippen LogP contribution is -2.33. The Hall–Kier alpha value is -0.610. The third-order valence-corrected chi connectivity index (χ3v) is 2.81. The number of likely N-dealkylation sites (tertiary alicyclic amines) is 1. The zero-order chi connectivity index (χ0) is 11.3. The maximum Gasteiger partial charge on any atom is 0.320 e. The van der Waals surface area contributed by atoms with Gasteiger partial charge in [0.1, 0.15) is 0 Å². The highest BCUT2D eigenvalue weighted by Gasteiger charge is 2.25. The summed E-state index contributed by atoms with van der Waals surface area (Å²) in [7, 11) is 0. The van der Waals surface area contributed by atoms with Gasteiger partial charge in [-0.05, 0) is 39.7 Å². The molecule has 1 aliphatic rings. The van der Waals surface area contributed by atoms with E-state index in [2.05, 4.69) is 4.90 Å². The quantitative estimate of drug-likeness (QED) is 0.707. The lowest BCUT2D eigenvalue weighted by Gasteiger charge is -2.21. The minimum atomic E-state index is -0.566. The zero-order valence-electron chi connectivity index (χ0n) is 9.66. The molecule has 4 nitrogen and oxygen atoms in total. The molecule has 1 N–H and O–H groups in total. The fraction of sp³-hybridized carbons (Fsp3) is 0.909. The zero-order valence-corrected chi connectivity index (χ0v) is 9.66. The van der Waals surface area contributed by atoms with Crippen molar-refractivity contribution in [3.8, 4) is 0 Å². The van der Waals surface area contributed by atoms with Gasteiger partial charge in [0.2, 0.25) is 0 Å². The van der Waals surface area contributed by atoms with Crippen LogP contribution in [0.5, 0.6) is 0 Å². The summed E-state index contributed by atoms with van der Waals surface area (Å²) in [6, 6.07) is 0. The monoisotopic (exact) mass is 215 g/mol. The van der Waals surface area contributed by atoms with Gasteiger partial charge in [0.25, 0.3) is 0 Å². The van der Waals surface area contributed by atoms with E-state index in [9.17, 15) is 9.90 Å². The molecule has 0 aromatic carbocycles. The van der Waals surface area contributed by atoms with Crippen molar-refractivity contribution in [2.24, 2.45) is 0 Å². The van der Waals surface area contributed by atoms with Crippen molar-refractivity contribution in [3.05, 3.63) is 0 Å². The molecule has 0 radical (unpaired) electrons. The van der Waals surface area contributed by atoms with Crippen LogP contribution in [0.15, 0.2) is 0 Å². The van der Waals surface area contributed by atoms with Crippen molar-refractivity contribution >= 4 is 5.97 Å². The minimum Gasteiger partial charge on any atom is -0.465 e. The van der Waals surface area contributed by atoms with E-state index < -0.39 is 5.60 Å². The molecule has 0 aromatic heterocycles. The number of aliphatic hydroxyl groups is 1. The van der Waals surface area contributed by atoms with Crippen LogP contribution in [-0.2, 0) is 9.53 Å². The number of esters is 1. The first-order valence-electron chi connectivity index (χ1n) is 5.64. The van der Waals surface area contributed by atoms with Crippen LogP contribution in [0.1, 0.15) is 33.1 Å². The molecule has 1 saturated heterocycles. The second-order valence-electron chi connectivity index (χ2n) is 4.43. The van der Waals surface area contributed by atoms with E-state index in [0.717, 1.165) is 32.4 Å². The molecule has 0 spiro atoms. The first-order chi connectivity index (χ1) is 7.03. The molecule has 0 aliphatic carbocycles. The molecule has 15 heavy (non-hydrogen) atoms. The largest absolute Gasteiger partial charge is 0.465 e. The Labute approximate surface area is 91.2 Å². The van der Waals surface area contributed by atoms with Gasteiger partial charge in [-0.15, -0.1) is 0 Å². The first-order valence-corrected chi connectivity index (χ1v) is 5.64. The molecule has 88 valence electrons. The van der Waals surface area contributed by atoms with E-state index in [-0.39, 0.29) is 5.97 Å². The first kappa shape index (κ1) is 12.5. The molecule has 1 rings (SSSR count). The smallest absolute Gasteiger partial charge is 0.320 e. The number of rotatable bonds is 3. The van der Waals surface area contributed by atoms with Crippen LogP contribution in [0.25, 0.3) is 0 Å². The Bertz CT molecular complexity index is 216. The highest BCUT2D eigenvalue weighted by Crippen LogP contribution is 2.21. The van der Waals surface area contributed by atoms with Gasteiger partial charge in [0, 0.05) is 6.54 Å². The molecular weight excluding hydrogens is 194 g/mol. The molecule has 4 heteroatoms. The molecule has 1 atom stereocenters. The van der Waals surface area contributed by atoms with E-state index in [1.54, 1.807) is 0 Å². The number of carbonyl (C=O) groups is 1. The minimum absolute atomic E-state index is 0.168. The maximum absolute atomic E-state index is 11.3. The van der Waals surface area contributed by atoms with E-state index in [1.807, 2.05) is 13.8 Å². The summed E-state index contributed by atoms with van der Waals surface area (Å²) in [5.74, 6) is -0.168. The summed E-state index contributed by atoms with van der Waals surface area (Å²) in [4.78, 5) is 13.3. The molecule has 0 bridgehead atoms. The predicted molar refractivity (Wildman–Crippen MR) is 57.5 cm³/mol. The summed E-state index contributed by atoms with van der Waals surface area (Å²) in [6.07, 6.45) is 2.48. The van der Waals surface area contributed by atoms with Crippen molar-refractivity contribution in [1.29, 1.82) is 0 Å². The average molecular weight is 215 g/mol. The highest BCUT2D eigenvalue weighted by atomic mass is 16.5. The molecular formula is C11H21NO3. The third-order valence-electron chi connectivity index (χ3n) is 2.81. The molecule has 0 saturated carbocycles. The second kappa shape index (κ2) is 5.47. The van der Waals surface area contributed by atoms with Crippen LogP contribution in [0.4, 0.5) is 0 Å². The van der Waals surface area contributed by atoms with Crippen LogP contribution in [-0.4, -0.2) is 47.8 Å². The summed E-state index contributed by atoms with van der Waals surface area (Å²) in [6.45, 7) is 6.10. The number of carbonyl (C=O) groups excluding carboxylic acids is 1. The van der Waals surface area contributed by atoms with Gasteiger partial charge in [0.05, 0.1) is 18.8 Å². The van der Waals surface area contributed by atoms with Gasteiger partial charge in [-0.1, -0.05) is 0 Å². The third kappa shape index (κ3) is 4.62. The Morgan fingerprint density at radius 3 is 2.87 bits per heavy atom. The van der Waals surface area contributed by atoms with Crippen molar-refractivity contribution < 1.29 is 14.6 Å². The predicted octanol–water partition coefficient (Wildman–Crippen LogP) is 0.786. The summed E-state index contributed by atoms with van der Waals surface area (Å²) < 4.78 is 4.89. The van der Waals surface area contributed by atoms with Crippen molar-refractivity contribution in [3.63, 3.8) is 0 Å². The van der Waals surface area contributed by atoms with Crippen LogP contribution in [0.3, 0.4) is 0 Å². The van der Waals surface area contributed by atoms with Gasteiger partial charge in [-0.2, -0.15) is 0 Å². The van der Waals surface area contributed by atoms with Gasteiger partial charge in [-0.3, -0.25) is 9.69 Å². The molecule has 1 aliphatic heterocycles. The van der Waals surface area contributed by atoms with Crippen LogP contribution < -0.4 is 0 Å². The van der Waals surface area contributed by atoms with E-state index in [0.29, 0.717) is 13.2 Å². The van der Waals surface area contributed by atoms with Gasteiger partial charge < -0.3 is 9.84 Å². The topological polar surface area (TPSA) is 49.8 Å². The highest BCUT2D eigenvalue weighted by molar-refractivity contribution is 5.71. The Kier molecular flexibility index (Phi) is 4.54. The van der Waals surface area contributed by atoms with Crippen molar-refractivity contribution in [2.75, 3.05) is 26.2 Å². The van der Waals surface area contributed by atoms with Crippen molar-refractivity contribution in [1.82, 2.24) is 4.90 Å². The lowest BCUT2D eigenvalue weighted by atomic mass is 9.98. The van der Waals surface area contributed by atoms with E-state index >= 15 is 0 Å². The molecule has 0 aromatic rings. The fourth-order valence-electron chi connectivity index (χ4n) is 1.87. The van der Waals surface area contributed by atoms with E-state index in [1.165, 1.54) is 0 Å². The Balaban J connectivity index is 2.34. The Morgan fingerprint density at radius 2 is 2.20 bits per heavy atom. The van der Waals surface area contributed by atoms with Gasteiger partial charge in [0.15, 0.2) is 0 Å². The molecule has 1 unspecified atom stereocenters. The summed E-state index contributed by atoms with van der Waals surface area (Å²) in [5.41, 5.74) is -0.566. The molecule has 1 fully saturated rings. The van der Waals surface area contributed by atoms with Crippen LogP contribution in [0.2, 0.25) is 0 Å². The number of ether oxygens (including phenoxy) is 1. The molecule has 1 heterocycles. The SMILES string of the molecule is CCOC(=O)CN1CCCC(C)(O)CC1. The summed E-state index contributed by atoms with van der Waals surface area (Å²) in [5, 5.41) is 9.87. The van der Waals surface area contributed by atoms with E-state index in [4.69, 9.17) is 4.74 Å².